The second kappa shape index (κ2) is 7.81. The van der Waals surface area contributed by atoms with Crippen molar-refractivity contribution in [3.63, 3.8) is 0 Å². The summed E-state index contributed by atoms with van der Waals surface area (Å²) < 4.78 is 2.17. The van der Waals surface area contributed by atoms with Crippen molar-refractivity contribution in [1.82, 2.24) is 4.57 Å². The van der Waals surface area contributed by atoms with Crippen LogP contribution in [0, 0.1) is 0 Å². The third-order valence-corrected chi connectivity index (χ3v) is 6.80. The number of rotatable bonds is 3. The molecule has 0 saturated heterocycles. The highest BCUT2D eigenvalue weighted by Gasteiger charge is 2.26. The van der Waals surface area contributed by atoms with Gasteiger partial charge in [0.1, 0.15) is 0 Å². The first-order chi connectivity index (χ1) is 15.1. The van der Waals surface area contributed by atoms with Crippen LogP contribution in [0.1, 0.15) is 66.1 Å². The summed E-state index contributed by atoms with van der Waals surface area (Å²) in [6, 6.07) is 19.8. The smallest absolute Gasteiger partial charge is 0.197 e. The fourth-order valence-corrected chi connectivity index (χ4v) is 5.30. The van der Waals surface area contributed by atoms with Gasteiger partial charge in [-0.3, -0.25) is 9.59 Å². The van der Waals surface area contributed by atoms with Crippen LogP contribution >= 0.6 is 0 Å². The summed E-state index contributed by atoms with van der Waals surface area (Å²) in [5, 5.41) is 1.47. The maximum absolute atomic E-state index is 13.7. The van der Waals surface area contributed by atoms with Gasteiger partial charge < -0.3 is 4.57 Å². The zero-order valence-electron chi connectivity index (χ0n) is 18.2. The molecule has 1 heterocycles. The van der Waals surface area contributed by atoms with Gasteiger partial charge in [-0.25, -0.2) is 0 Å². The van der Waals surface area contributed by atoms with E-state index in [0.717, 1.165) is 76.3 Å². The van der Waals surface area contributed by atoms with E-state index in [1.165, 1.54) is 0 Å². The van der Waals surface area contributed by atoms with E-state index in [1.807, 2.05) is 54.6 Å². The molecular weight excluding hydrogens is 382 g/mol. The Morgan fingerprint density at radius 1 is 0.871 bits per heavy atom. The van der Waals surface area contributed by atoms with Crippen LogP contribution in [-0.4, -0.2) is 10.4 Å². The second-order valence-corrected chi connectivity index (χ2v) is 8.56. The Morgan fingerprint density at radius 2 is 1.65 bits per heavy atom. The molecule has 0 spiro atoms. The third-order valence-electron chi connectivity index (χ3n) is 6.80. The van der Waals surface area contributed by atoms with Gasteiger partial charge in [0.05, 0.1) is 11.0 Å². The Bertz CT molecular complexity index is 1380. The molecule has 3 aromatic carbocycles. The van der Waals surface area contributed by atoms with E-state index >= 15 is 0 Å². The zero-order valence-corrected chi connectivity index (χ0v) is 18.2. The number of nitrogens with zero attached hydrogens (tertiary/aromatic N) is 1. The van der Waals surface area contributed by atoms with Crippen molar-refractivity contribution in [2.45, 2.75) is 52.0 Å². The Hall–Kier alpha value is -3.20. The summed E-state index contributed by atoms with van der Waals surface area (Å²) in [5.41, 5.74) is 5.56. The molecule has 1 unspecified atom stereocenters. The number of carbonyl (C=O) groups is 1. The predicted molar refractivity (Wildman–Crippen MR) is 127 cm³/mol. The molecular formula is C28H27NO2. The van der Waals surface area contributed by atoms with Gasteiger partial charge in [0.15, 0.2) is 11.2 Å². The van der Waals surface area contributed by atoms with Gasteiger partial charge in [-0.2, -0.15) is 0 Å². The quantitative estimate of drug-likeness (QED) is 0.376. The summed E-state index contributed by atoms with van der Waals surface area (Å²) in [7, 11) is 0. The number of hydrogen-bond donors (Lipinski definition) is 0. The normalized spacial score (nSPS) is 16.1. The molecule has 5 rings (SSSR count). The maximum atomic E-state index is 13.7. The lowest BCUT2D eigenvalue weighted by Gasteiger charge is -2.25. The average molecular weight is 410 g/mol. The van der Waals surface area contributed by atoms with E-state index in [-0.39, 0.29) is 17.1 Å². The maximum Gasteiger partial charge on any atom is 0.197 e. The number of fused-ring (bicyclic) bond motifs is 4. The van der Waals surface area contributed by atoms with Crippen LogP contribution < -0.4 is 5.43 Å². The molecule has 156 valence electrons. The first kappa shape index (κ1) is 19.7. The minimum atomic E-state index is 0.0586. The summed E-state index contributed by atoms with van der Waals surface area (Å²) in [4.78, 5) is 27.2. The number of aryl methyl sites for hydroxylation is 2. The molecule has 3 nitrogen and oxygen atoms in total. The highest BCUT2D eigenvalue weighted by atomic mass is 16.1. The fraction of sp³-hybridized carbons (Fsp3) is 0.286. The molecule has 0 radical (unpaired) electrons. The Morgan fingerprint density at radius 3 is 2.45 bits per heavy atom. The SMILES string of the molecule is CCCC1CCc2ccccc2C(=O)c2cc3c(cc21)c(=O)c1ccccc1n3CC. The van der Waals surface area contributed by atoms with Gasteiger partial charge in [-0.05, 0) is 67.5 Å². The number of benzene rings is 3. The van der Waals surface area contributed by atoms with Crippen LogP contribution in [0.2, 0.25) is 0 Å². The molecule has 0 bridgehead atoms. The molecule has 0 amide bonds. The summed E-state index contributed by atoms with van der Waals surface area (Å²) in [5.74, 6) is 0.360. The number of hydrogen-bond acceptors (Lipinski definition) is 2. The Labute approximate surface area is 182 Å². The highest BCUT2D eigenvalue weighted by Crippen LogP contribution is 2.36. The van der Waals surface area contributed by atoms with E-state index < -0.39 is 0 Å². The number of pyridine rings is 1. The van der Waals surface area contributed by atoms with Crippen LogP contribution in [0.15, 0.2) is 65.5 Å². The molecule has 0 N–H and O–H groups in total. The van der Waals surface area contributed by atoms with Crippen molar-refractivity contribution in [2.75, 3.05) is 0 Å². The van der Waals surface area contributed by atoms with E-state index in [2.05, 4.69) is 24.5 Å². The summed E-state index contributed by atoms with van der Waals surface area (Å²) >= 11 is 0. The summed E-state index contributed by atoms with van der Waals surface area (Å²) in [6.07, 6.45) is 3.95. The molecule has 0 saturated carbocycles. The molecule has 4 aromatic rings. The van der Waals surface area contributed by atoms with Gasteiger partial charge in [0.25, 0.3) is 0 Å². The standard InChI is InChI=1S/C28H27NO2/c1-3-9-18-14-15-19-10-5-6-11-20(19)27(30)23-17-26-24(16-22(18)23)28(31)21-12-7-8-13-25(21)29(26)4-2/h5-8,10-13,16-18H,3-4,9,14-15H2,1-2H3. The average Bonchev–Trinajstić information content (AvgIpc) is 2.80. The summed E-state index contributed by atoms with van der Waals surface area (Å²) in [6.45, 7) is 5.01. The Kier molecular flexibility index (Phi) is 4.97. The van der Waals surface area contributed by atoms with Gasteiger partial charge in [0, 0.05) is 28.4 Å². The Balaban J connectivity index is 1.89. The van der Waals surface area contributed by atoms with Crippen molar-refractivity contribution < 1.29 is 4.79 Å². The molecule has 1 atom stereocenters. The van der Waals surface area contributed by atoms with Crippen molar-refractivity contribution in [1.29, 1.82) is 0 Å². The molecule has 3 heteroatoms. The monoisotopic (exact) mass is 409 g/mol. The zero-order chi connectivity index (χ0) is 21.5. The predicted octanol–water partition coefficient (Wildman–Crippen LogP) is 6.24. The lowest BCUT2D eigenvalue weighted by Crippen LogP contribution is -2.18. The van der Waals surface area contributed by atoms with E-state index in [4.69, 9.17) is 0 Å². The van der Waals surface area contributed by atoms with E-state index in [9.17, 15) is 9.59 Å². The lowest BCUT2D eigenvalue weighted by atomic mass is 9.79. The van der Waals surface area contributed by atoms with Crippen molar-refractivity contribution >= 4 is 27.6 Å². The number of para-hydroxylation sites is 1. The molecule has 1 aliphatic carbocycles. The van der Waals surface area contributed by atoms with Gasteiger partial charge in [0.2, 0.25) is 0 Å². The first-order valence-electron chi connectivity index (χ1n) is 11.4. The van der Waals surface area contributed by atoms with Crippen molar-refractivity contribution in [2.24, 2.45) is 0 Å². The van der Waals surface area contributed by atoms with Gasteiger partial charge >= 0.3 is 0 Å². The van der Waals surface area contributed by atoms with Crippen LogP contribution in [0.5, 0.6) is 0 Å². The molecule has 0 fully saturated rings. The molecule has 0 aliphatic heterocycles. The largest absolute Gasteiger partial charge is 0.341 e. The molecule has 31 heavy (non-hydrogen) atoms. The van der Waals surface area contributed by atoms with Gasteiger partial charge in [-0.1, -0.05) is 49.7 Å². The minimum absolute atomic E-state index is 0.0586. The number of carbonyl (C=O) groups excluding carboxylic acids is 1. The van der Waals surface area contributed by atoms with Crippen molar-refractivity contribution in [3.05, 3.63) is 93.1 Å². The fourth-order valence-electron chi connectivity index (χ4n) is 5.30. The first-order valence-corrected chi connectivity index (χ1v) is 11.4. The van der Waals surface area contributed by atoms with Crippen LogP contribution in [0.4, 0.5) is 0 Å². The lowest BCUT2D eigenvalue weighted by molar-refractivity contribution is 0.103. The topological polar surface area (TPSA) is 39.1 Å². The van der Waals surface area contributed by atoms with Crippen molar-refractivity contribution in [3.8, 4) is 0 Å². The van der Waals surface area contributed by atoms with E-state index in [1.54, 1.807) is 0 Å². The number of aromatic nitrogens is 1. The van der Waals surface area contributed by atoms with E-state index in [0.29, 0.717) is 0 Å². The minimum Gasteiger partial charge on any atom is -0.341 e. The second-order valence-electron chi connectivity index (χ2n) is 8.56. The molecule has 1 aliphatic rings. The van der Waals surface area contributed by atoms with Crippen LogP contribution in [0.3, 0.4) is 0 Å². The van der Waals surface area contributed by atoms with Crippen LogP contribution in [-0.2, 0) is 13.0 Å². The number of ketones is 1. The molecule has 1 aromatic heterocycles. The third kappa shape index (κ3) is 3.11. The van der Waals surface area contributed by atoms with Gasteiger partial charge in [-0.15, -0.1) is 0 Å². The van der Waals surface area contributed by atoms with Crippen LogP contribution in [0.25, 0.3) is 21.8 Å². The highest BCUT2D eigenvalue weighted by molar-refractivity contribution is 6.13.